The lowest BCUT2D eigenvalue weighted by Gasteiger charge is -2.26. The van der Waals surface area contributed by atoms with Crippen molar-refractivity contribution in [3.05, 3.63) is 36.0 Å². The molecule has 1 aromatic carbocycles. The molecule has 0 radical (unpaired) electrons. The molecule has 3 N–H and O–H groups in total. The van der Waals surface area contributed by atoms with Crippen molar-refractivity contribution in [1.29, 1.82) is 0 Å². The number of benzene rings is 1. The van der Waals surface area contributed by atoms with Crippen molar-refractivity contribution in [2.24, 2.45) is 5.92 Å². The molecule has 1 saturated carbocycles. The minimum atomic E-state index is 0.860. The maximum Gasteiger partial charge on any atom is 0.0884 e. The molecule has 1 aliphatic carbocycles. The predicted molar refractivity (Wildman–Crippen MR) is 80.2 cm³/mol. The van der Waals surface area contributed by atoms with Crippen molar-refractivity contribution in [3.8, 4) is 0 Å². The molecule has 2 nitrogen and oxygen atoms in total. The second-order valence-electron chi connectivity index (χ2n) is 6.06. The van der Waals surface area contributed by atoms with Gasteiger partial charge in [0, 0.05) is 29.4 Å². The van der Waals surface area contributed by atoms with E-state index in [1.807, 2.05) is 0 Å². The lowest BCUT2D eigenvalue weighted by Crippen LogP contribution is -2.92. The maximum absolute atomic E-state index is 3.37. The summed E-state index contributed by atoms with van der Waals surface area (Å²) in [5.41, 5.74) is 2.74. The molecule has 2 atom stereocenters. The molecule has 1 aromatic heterocycles. The minimum Gasteiger partial charge on any atom is -0.361 e. The van der Waals surface area contributed by atoms with Crippen LogP contribution in [0.3, 0.4) is 0 Å². The van der Waals surface area contributed by atoms with E-state index in [1.54, 1.807) is 0 Å². The highest BCUT2D eigenvalue weighted by Crippen LogP contribution is 2.21. The Hall–Kier alpha value is -1.28. The number of H-pyrrole nitrogens is 1. The Bertz CT molecular complexity index is 529. The molecular weight excluding hydrogens is 232 g/mol. The number of para-hydroxylation sites is 1. The summed E-state index contributed by atoms with van der Waals surface area (Å²) in [7, 11) is 0. The molecule has 0 amide bonds. The van der Waals surface area contributed by atoms with Gasteiger partial charge in [0.1, 0.15) is 0 Å². The normalized spacial score (nSPS) is 23.8. The van der Waals surface area contributed by atoms with Gasteiger partial charge in [-0.25, -0.2) is 0 Å². The summed E-state index contributed by atoms with van der Waals surface area (Å²) in [6, 6.07) is 9.47. The summed E-state index contributed by atoms with van der Waals surface area (Å²) < 4.78 is 0. The Balaban J connectivity index is 1.57. The molecule has 0 unspecified atom stereocenters. The summed E-state index contributed by atoms with van der Waals surface area (Å²) in [4.78, 5) is 3.37. The largest absolute Gasteiger partial charge is 0.361 e. The highest BCUT2D eigenvalue weighted by Gasteiger charge is 2.23. The Morgan fingerprint density at radius 1 is 1.21 bits per heavy atom. The van der Waals surface area contributed by atoms with E-state index in [0.29, 0.717) is 0 Å². The van der Waals surface area contributed by atoms with E-state index < -0.39 is 0 Å². The molecule has 2 aromatic rings. The first kappa shape index (κ1) is 12.7. The van der Waals surface area contributed by atoms with Crippen LogP contribution in [0.4, 0.5) is 0 Å². The van der Waals surface area contributed by atoms with Crippen LogP contribution in [0.1, 0.15) is 38.2 Å². The fourth-order valence-electron chi connectivity index (χ4n) is 3.49. The second-order valence-corrected chi connectivity index (χ2v) is 6.06. The Morgan fingerprint density at radius 2 is 2.05 bits per heavy atom. The van der Waals surface area contributed by atoms with Crippen LogP contribution in [0.5, 0.6) is 0 Å². The summed E-state index contributed by atoms with van der Waals surface area (Å²) in [5, 5.41) is 3.98. The van der Waals surface area contributed by atoms with E-state index >= 15 is 0 Å². The predicted octanol–water partition coefficient (Wildman–Crippen LogP) is 2.85. The summed E-state index contributed by atoms with van der Waals surface area (Å²) in [6.07, 6.45) is 9.06. The summed E-state index contributed by atoms with van der Waals surface area (Å²) in [6.45, 7) is 3.64. The van der Waals surface area contributed by atoms with Crippen molar-refractivity contribution in [3.63, 3.8) is 0 Å². The number of nitrogens with two attached hydrogens (primary N) is 1. The van der Waals surface area contributed by atoms with Gasteiger partial charge in [0.05, 0.1) is 12.6 Å². The minimum absolute atomic E-state index is 0.860. The van der Waals surface area contributed by atoms with Gasteiger partial charge in [0.25, 0.3) is 0 Å². The zero-order chi connectivity index (χ0) is 13.1. The topological polar surface area (TPSA) is 32.4 Å². The Labute approximate surface area is 115 Å². The lowest BCUT2D eigenvalue weighted by atomic mass is 9.86. The highest BCUT2D eigenvalue weighted by atomic mass is 14.9. The number of aromatic amines is 1. The number of aromatic nitrogens is 1. The molecule has 19 heavy (non-hydrogen) atoms. The average Bonchev–Trinajstić information content (AvgIpc) is 2.85. The summed E-state index contributed by atoms with van der Waals surface area (Å²) >= 11 is 0. The number of rotatable bonds is 4. The third kappa shape index (κ3) is 2.84. The van der Waals surface area contributed by atoms with Gasteiger partial charge in [-0.2, -0.15) is 0 Å². The van der Waals surface area contributed by atoms with Gasteiger partial charge >= 0.3 is 0 Å². The molecule has 1 fully saturated rings. The van der Waals surface area contributed by atoms with Gasteiger partial charge in [0.15, 0.2) is 0 Å². The fraction of sp³-hybridized carbons (Fsp3) is 0.529. The van der Waals surface area contributed by atoms with Gasteiger partial charge in [-0.15, -0.1) is 0 Å². The van der Waals surface area contributed by atoms with Crippen molar-refractivity contribution in [1.82, 2.24) is 4.98 Å². The third-order valence-electron chi connectivity index (χ3n) is 4.74. The van der Waals surface area contributed by atoms with Crippen LogP contribution < -0.4 is 5.32 Å². The number of hydrogen-bond acceptors (Lipinski definition) is 0. The number of nitrogens with one attached hydrogen (secondary N) is 1. The van der Waals surface area contributed by atoms with Crippen LogP contribution in [0.15, 0.2) is 30.5 Å². The van der Waals surface area contributed by atoms with Gasteiger partial charge in [0.2, 0.25) is 0 Å². The number of quaternary nitrogens is 1. The SMILES string of the molecule is C[C@H]1CCCC[C@H]1[NH2+]CCc1c[nH]c2ccccc12. The smallest absolute Gasteiger partial charge is 0.0884 e. The number of hydrogen-bond donors (Lipinski definition) is 2. The van der Waals surface area contributed by atoms with Crippen molar-refractivity contribution in [2.45, 2.75) is 45.1 Å². The Kier molecular flexibility index (Phi) is 3.88. The molecule has 102 valence electrons. The molecule has 0 bridgehead atoms. The first-order chi connectivity index (χ1) is 9.34. The van der Waals surface area contributed by atoms with Crippen molar-refractivity contribution < 1.29 is 5.32 Å². The molecule has 2 heteroatoms. The van der Waals surface area contributed by atoms with E-state index in [1.165, 1.54) is 55.1 Å². The maximum atomic E-state index is 3.37. The zero-order valence-electron chi connectivity index (χ0n) is 11.9. The second kappa shape index (κ2) is 5.79. The standard InChI is InChI=1S/C17H24N2/c1-13-6-2-4-8-16(13)18-11-10-14-12-19-17-9-5-3-7-15(14)17/h3,5,7,9,12-13,16,18-19H,2,4,6,8,10-11H2,1H3/p+1/t13-,16+/m0/s1. The molecule has 3 rings (SSSR count). The van der Waals surface area contributed by atoms with E-state index in [0.717, 1.165) is 12.0 Å². The van der Waals surface area contributed by atoms with Crippen LogP contribution in [-0.4, -0.2) is 17.6 Å². The van der Waals surface area contributed by atoms with Crippen LogP contribution >= 0.6 is 0 Å². The van der Waals surface area contributed by atoms with E-state index in [9.17, 15) is 0 Å². The highest BCUT2D eigenvalue weighted by molar-refractivity contribution is 5.82. The zero-order valence-corrected chi connectivity index (χ0v) is 11.9. The summed E-state index contributed by atoms with van der Waals surface area (Å²) in [5.74, 6) is 0.900. The van der Waals surface area contributed by atoms with Crippen LogP contribution in [0.2, 0.25) is 0 Å². The molecular formula is C17H25N2+. The molecule has 0 saturated heterocycles. The Morgan fingerprint density at radius 3 is 2.95 bits per heavy atom. The fourth-order valence-corrected chi connectivity index (χ4v) is 3.49. The molecule has 0 aliphatic heterocycles. The molecule has 1 aliphatic rings. The monoisotopic (exact) mass is 257 g/mol. The molecule has 0 spiro atoms. The van der Waals surface area contributed by atoms with E-state index in [2.05, 4.69) is 47.7 Å². The van der Waals surface area contributed by atoms with Gasteiger partial charge in [-0.3, -0.25) is 0 Å². The van der Waals surface area contributed by atoms with Crippen LogP contribution in [-0.2, 0) is 6.42 Å². The molecule has 1 heterocycles. The average molecular weight is 257 g/mol. The number of fused-ring (bicyclic) bond motifs is 1. The quantitative estimate of drug-likeness (QED) is 0.844. The third-order valence-corrected chi connectivity index (χ3v) is 4.74. The first-order valence-corrected chi connectivity index (χ1v) is 7.73. The van der Waals surface area contributed by atoms with E-state index in [4.69, 9.17) is 0 Å². The van der Waals surface area contributed by atoms with Crippen LogP contribution in [0, 0.1) is 5.92 Å². The van der Waals surface area contributed by atoms with Crippen molar-refractivity contribution >= 4 is 10.9 Å². The lowest BCUT2D eigenvalue weighted by molar-refractivity contribution is -0.697. The van der Waals surface area contributed by atoms with Gasteiger partial charge in [-0.05, 0) is 30.9 Å². The van der Waals surface area contributed by atoms with E-state index in [-0.39, 0.29) is 0 Å². The van der Waals surface area contributed by atoms with Crippen LogP contribution in [0.25, 0.3) is 10.9 Å². The van der Waals surface area contributed by atoms with Crippen molar-refractivity contribution in [2.75, 3.05) is 6.54 Å². The van der Waals surface area contributed by atoms with Gasteiger partial charge < -0.3 is 10.3 Å². The van der Waals surface area contributed by atoms with Gasteiger partial charge in [-0.1, -0.05) is 31.5 Å². The first-order valence-electron chi connectivity index (χ1n) is 7.73.